The van der Waals surface area contributed by atoms with Gasteiger partial charge in [0.1, 0.15) is 0 Å². The van der Waals surface area contributed by atoms with E-state index < -0.39 is 13.4 Å². The fraction of sp³-hybridized carbons (Fsp3) is 1.00. The first-order valence-corrected chi connectivity index (χ1v) is 8.89. The fourth-order valence-corrected chi connectivity index (χ4v) is 0. The highest BCUT2D eigenvalue weighted by molar-refractivity contribution is 8.06. The van der Waals surface area contributed by atoms with Crippen LogP contribution < -0.4 is 6.15 Å². The van der Waals surface area contributed by atoms with Gasteiger partial charge in [0, 0.05) is 0 Å². The number of rotatable bonds is 0. The van der Waals surface area contributed by atoms with Crippen LogP contribution in [0.1, 0.15) is 27.7 Å². The highest BCUT2D eigenvalue weighted by Gasteiger charge is 1.92. The van der Waals surface area contributed by atoms with Gasteiger partial charge < -0.3 is 35.5 Å². The van der Waals surface area contributed by atoms with Crippen molar-refractivity contribution in [1.82, 2.24) is 6.15 Å². The third-order valence-corrected chi connectivity index (χ3v) is 0. The largest absolute Gasteiger partial charge is 0.344 e. The van der Waals surface area contributed by atoms with Crippen LogP contribution in [0.15, 0.2) is 0 Å². The number of hydrogen-bond acceptors (Lipinski definition) is 3. The van der Waals surface area contributed by atoms with Crippen molar-refractivity contribution in [3.05, 3.63) is 0 Å². The van der Waals surface area contributed by atoms with Crippen LogP contribution in [-0.4, -0.2) is 29.4 Å². The van der Waals surface area contributed by atoms with Gasteiger partial charge in [0.2, 0.25) is 0 Å². The van der Waals surface area contributed by atoms with Crippen molar-refractivity contribution in [2.75, 3.05) is 0 Å². The van der Waals surface area contributed by atoms with E-state index in [-0.39, 0.29) is 6.15 Å². The van der Waals surface area contributed by atoms with Crippen LogP contribution in [0.3, 0.4) is 0 Å². The monoisotopic (exact) mass is 305 g/mol. The van der Waals surface area contributed by atoms with E-state index >= 15 is 0 Å². The average molecular weight is 305 g/mol. The Balaban J connectivity index is -0.0000000318. The standard InChI is InChI=1S/2C2H6.H3N.2H3O3PS/c2*1-2;;2*1-4(2,3)5/h2*1-2H3;1H3;2*(H3,1,2,3,5). The Kier molecular flexibility index (Phi) is 34.6. The third kappa shape index (κ3) is 2450. The van der Waals surface area contributed by atoms with E-state index in [4.69, 9.17) is 29.4 Å². The molecule has 7 nitrogen and oxygen atoms in total. The Bertz CT molecular complexity index is 143. The molecule has 0 aliphatic carbocycles. The maximum Gasteiger partial charge on any atom is 0.319 e. The zero-order chi connectivity index (χ0) is 13.0. The van der Waals surface area contributed by atoms with Crippen LogP contribution in [0.25, 0.3) is 0 Å². The molecule has 0 unspecified atom stereocenters. The molecule has 0 radical (unpaired) electrons. The van der Waals surface area contributed by atoms with E-state index in [0.29, 0.717) is 0 Å². The molecule has 0 saturated heterocycles. The topological polar surface area (TPSA) is 156 Å². The molecule has 0 bridgehead atoms. The Labute approximate surface area is 101 Å². The lowest BCUT2D eigenvalue weighted by molar-refractivity contribution is 0.361. The number of hydrogen-bond donors (Lipinski definition) is 7. The summed E-state index contributed by atoms with van der Waals surface area (Å²) in [7, 11) is 0. The summed E-state index contributed by atoms with van der Waals surface area (Å²) < 4.78 is 0. The third-order valence-electron chi connectivity index (χ3n) is 0. The quantitative estimate of drug-likeness (QED) is 0.318. The van der Waals surface area contributed by atoms with Gasteiger partial charge in [-0.2, -0.15) is 0 Å². The van der Waals surface area contributed by atoms with E-state index in [1.165, 1.54) is 0 Å². The zero-order valence-electron chi connectivity index (χ0n) is 9.10. The minimum atomic E-state index is -3.81. The van der Waals surface area contributed by atoms with Crippen molar-refractivity contribution >= 4 is 37.1 Å². The highest BCUT2D eigenvalue weighted by Crippen LogP contribution is 2.26. The fourth-order valence-electron chi connectivity index (χ4n) is 0. The zero-order valence-corrected chi connectivity index (χ0v) is 12.5. The molecule has 0 aliphatic rings. The molecular formula is C4H21NO6P2S2. The van der Waals surface area contributed by atoms with Crippen LogP contribution in [0.5, 0.6) is 0 Å². The van der Waals surface area contributed by atoms with Gasteiger partial charge in [0.05, 0.1) is 0 Å². The Morgan fingerprint density at radius 1 is 0.600 bits per heavy atom. The van der Waals surface area contributed by atoms with Gasteiger partial charge in [-0.3, -0.25) is 0 Å². The van der Waals surface area contributed by atoms with Crippen LogP contribution in [0, 0.1) is 0 Å². The van der Waals surface area contributed by atoms with Crippen LogP contribution in [0.4, 0.5) is 0 Å². The summed E-state index contributed by atoms with van der Waals surface area (Å²) in [6.45, 7) is 0.389. The highest BCUT2D eigenvalue weighted by atomic mass is 32.5. The average Bonchev–Trinajstić information content (AvgIpc) is 1.88. The van der Waals surface area contributed by atoms with E-state index in [2.05, 4.69) is 23.6 Å². The summed E-state index contributed by atoms with van der Waals surface area (Å²) in [4.78, 5) is 45.3. The summed E-state index contributed by atoms with van der Waals surface area (Å²) in [5.41, 5.74) is 0. The second-order valence-electron chi connectivity index (χ2n) is 1.03. The molecule has 0 atom stereocenters. The molecule has 15 heavy (non-hydrogen) atoms. The Morgan fingerprint density at radius 3 is 0.600 bits per heavy atom. The van der Waals surface area contributed by atoms with Gasteiger partial charge in [0.25, 0.3) is 0 Å². The van der Waals surface area contributed by atoms with Gasteiger partial charge in [-0.1, -0.05) is 27.7 Å². The second kappa shape index (κ2) is 17.4. The lowest BCUT2D eigenvalue weighted by Crippen LogP contribution is -1.65. The minimum absolute atomic E-state index is 0. The van der Waals surface area contributed by atoms with Crippen molar-refractivity contribution in [2.45, 2.75) is 27.7 Å². The van der Waals surface area contributed by atoms with Gasteiger partial charge in [0.15, 0.2) is 0 Å². The van der Waals surface area contributed by atoms with Crippen LogP contribution in [0.2, 0.25) is 0 Å². The molecule has 0 aromatic carbocycles. The van der Waals surface area contributed by atoms with Crippen LogP contribution >= 0.6 is 13.4 Å². The smallest absolute Gasteiger partial charge is 0.319 e. The first kappa shape index (κ1) is 29.8. The first-order valence-electron chi connectivity index (χ1n) is 3.57. The summed E-state index contributed by atoms with van der Waals surface area (Å²) in [5, 5.41) is 0. The van der Waals surface area contributed by atoms with Crippen LogP contribution in [-0.2, 0) is 23.6 Å². The predicted molar refractivity (Wildman–Crippen MR) is 69.6 cm³/mol. The molecule has 0 spiro atoms. The molecule has 11 heteroatoms. The van der Waals surface area contributed by atoms with Gasteiger partial charge in [-0.25, -0.2) is 0 Å². The van der Waals surface area contributed by atoms with Gasteiger partial charge in [-0.15, -0.1) is 0 Å². The molecule has 100 valence electrons. The summed E-state index contributed by atoms with van der Waals surface area (Å²) in [5.74, 6) is 0. The molecule has 0 saturated carbocycles. The molecular weight excluding hydrogens is 284 g/mol. The van der Waals surface area contributed by atoms with E-state index in [1.54, 1.807) is 0 Å². The van der Waals surface area contributed by atoms with Gasteiger partial charge in [-0.05, 0) is 23.6 Å². The lowest BCUT2D eigenvalue weighted by atomic mass is 11.0. The van der Waals surface area contributed by atoms with Crippen molar-refractivity contribution < 1.29 is 29.4 Å². The van der Waals surface area contributed by atoms with Crippen molar-refractivity contribution in [1.29, 1.82) is 0 Å². The molecule has 0 aliphatic heterocycles. The van der Waals surface area contributed by atoms with Crippen molar-refractivity contribution in [3.8, 4) is 0 Å². The SMILES string of the molecule is CC.CC.N.OP(O)(O)=S.OP(O)(O)=S. The minimum Gasteiger partial charge on any atom is -0.344 e. The Morgan fingerprint density at radius 2 is 0.600 bits per heavy atom. The molecule has 0 aromatic heterocycles. The predicted octanol–water partition coefficient (Wildman–Crippen LogP) is 0.590. The second-order valence-corrected chi connectivity index (χ2v) is 6.02. The van der Waals surface area contributed by atoms with Crippen molar-refractivity contribution in [2.24, 2.45) is 0 Å². The van der Waals surface area contributed by atoms with E-state index in [0.717, 1.165) is 0 Å². The van der Waals surface area contributed by atoms with Crippen molar-refractivity contribution in [3.63, 3.8) is 0 Å². The molecule has 0 aromatic rings. The normalized spacial score (nSPS) is 8.67. The summed E-state index contributed by atoms with van der Waals surface area (Å²) >= 11 is 7.21. The lowest BCUT2D eigenvalue weighted by Gasteiger charge is -1.88. The molecule has 0 heterocycles. The molecule has 0 fully saturated rings. The first-order chi connectivity index (χ1) is 6.00. The molecule has 0 rings (SSSR count). The summed E-state index contributed by atoms with van der Waals surface area (Å²) in [6.07, 6.45) is 0. The summed E-state index contributed by atoms with van der Waals surface area (Å²) in [6, 6.07) is 0. The maximum atomic E-state index is 7.56. The Hall–Kier alpha value is 1.02. The van der Waals surface area contributed by atoms with E-state index in [9.17, 15) is 0 Å². The molecule has 9 N–H and O–H groups in total. The van der Waals surface area contributed by atoms with Gasteiger partial charge >= 0.3 is 13.4 Å². The van der Waals surface area contributed by atoms with E-state index in [1.807, 2.05) is 27.7 Å². The maximum absolute atomic E-state index is 7.56. The molecule has 0 amide bonds.